The van der Waals surface area contributed by atoms with E-state index in [1.807, 2.05) is 5.43 Å². The zero-order chi connectivity index (χ0) is 12.1. The van der Waals surface area contributed by atoms with Gasteiger partial charge in [-0.1, -0.05) is 11.6 Å². The molecule has 0 aromatic carbocycles. The summed E-state index contributed by atoms with van der Waals surface area (Å²) in [5, 5.41) is -0.0668. The number of halogens is 1. The van der Waals surface area contributed by atoms with Gasteiger partial charge in [0.25, 0.3) is 5.56 Å². The Morgan fingerprint density at radius 2 is 2.25 bits per heavy atom. The summed E-state index contributed by atoms with van der Waals surface area (Å²) in [5.74, 6) is 4.57. The van der Waals surface area contributed by atoms with Gasteiger partial charge in [0, 0.05) is 19.2 Å². The first-order valence-corrected chi connectivity index (χ1v) is 4.91. The van der Waals surface area contributed by atoms with Crippen LogP contribution in [-0.2, 0) is 11.3 Å². The highest BCUT2D eigenvalue weighted by molar-refractivity contribution is 6.30. The topological polar surface area (TPSA) is 110 Å². The van der Waals surface area contributed by atoms with Gasteiger partial charge in [-0.2, -0.15) is 0 Å². The standard InChI is InChI=1S/C8H11ClN4O3/c9-5-4-13(8(16)11-7(5)15)3-1-2-6(14)12-10/h4H,1-3,10H2,(H,12,14)(H,11,15,16). The first kappa shape index (κ1) is 12.5. The molecule has 0 fully saturated rings. The van der Waals surface area contributed by atoms with Crippen LogP contribution in [0.25, 0.3) is 0 Å². The number of rotatable bonds is 4. The Morgan fingerprint density at radius 1 is 1.56 bits per heavy atom. The lowest BCUT2D eigenvalue weighted by atomic mass is 10.3. The number of aromatic amines is 1. The third kappa shape index (κ3) is 3.21. The number of carbonyl (C=O) groups excluding carboxylic acids is 1. The Kier molecular flexibility index (Phi) is 4.27. The molecular formula is C8H11ClN4O3. The molecule has 1 heterocycles. The smallest absolute Gasteiger partial charge is 0.299 e. The molecule has 1 amide bonds. The Bertz CT molecular complexity index is 493. The van der Waals surface area contributed by atoms with Gasteiger partial charge in [0.2, 0.25) is 5.91 Å². The van der Waals surface area contributed by atoms with Gasteiger partial charge in [0.05, 0.1) is 0 Å². The van der Waals surface area contributed by atoms with E-state index in [-0.39, 0.29) is 23.9 Å². The van der Waals surface area contributed by atoms with Crippen LogP contribution in [0.2, 0.25) is 5.02 Å². The van der Waals surface area contributed by atoms with Crippen LogP contribution >= 0.6 is 11.6 Å². The Labute approximate surface area is 95.2 Å². The molecule has 1 rings (SSSR count). The van der Waals surface area contributed by atoms with Crippen LogP contribution < -0.4 is 22.5 Å². The summed E-state index contributed by atoms with van der Waals surface area (Å²) in [6.45, 7) is 0.281. The third-order valence-electron chi connectivity index (χ3n) is 1.93. The Morgan fingerprint density at radius 3 is 2.88 bits per heavy atom. The normalized spacial score (nSPS) is 10.1. The summed E-state index contributed by atoms with van der Waals surface area (Å²) in [5.41, 5.74) is 0.800. The van der Waals surface area contributed by atoms with Crippen molar-refractivity contribution in [2.75, 3.05) is 0 Å². The average molecular weight is 247 g/mol. The average Bonchev–Trinajstić information content (AvgIpc) is 2.25. The minimum Gasteiger partial charge on any atom is -0.299 e. The molecule has 0 aliphatic rings. The highest BCUT2D eigenvalue weighted by atomic mass is 35.5. The SMILES string of the molecule is NNC(=O)CCCn1cc(Cl)c(=O)[nH]c1=O. The molecule has 0 aliphatic heterocycles. The summed E-state index contributed by atoms with van der Waals surface area (Å²) < 4.78 is 1.23. The van der Waals surface area contributed by atoms with Crippen molar-refractivity contribution < 1.29 is 4.79 Å². The lowest BCUT2D eigenvalue weighted by Crippen LogP contribution is -2.32. The zero-order valence-corrected chi connectivity index (χ0v) is 9.08. The van der Waals surface area contributed by atoms with Crippen molar-refractivity contribution in [1.82, 2.24) is 15.0 Å². The number of aromatic nitrogens is 2. The summed E-state index contributed by atoms with van der Waals surface area (Å²) >= 11 is 5.55. The van der Waals surface area contributed by atoms with E-state index in [2.05, 4.69) is 4.98 Å². The number of hydrazine groups is 1. The number of hydrogen-bond acceptors (Lipinski definition) is 4. The fourth-order valence-electron chi connectivity index (χ4n) is 1.13. The summed E-state index contributed by atoms with van der Waals surface area (Å²) in [6.07, 6.45) is 1.86. The first-order valence-electron chi connectivity index (χ1n) is 4.53. The van der Waals surface area contributed by atoms with Gasteiger partial charge < -0.3 is 0 Å². The summed E-state index contributed by atoms with van der Waals surface area (Å²) in [6, 6.07) is 0. The van der Waals surface area contributed by atoms with Crippen LogP contribution in [0.1, 0.15) is 12.8 Å². The van der Waals surface area contributed by atoms with E-state index in [9.17, 15) is 14.4 Å². The van der Waals surface area contributed by atoms with Gasteiger partial charge in [-0.25, -0.2) is 10.6 Å². The minimum atomic E-state index is -0.623. The van der Waals surface area contributed by atoms with Crippen LogP contribution in [0.3, 0.4) is 0 Å². The van der Waals surface area contributed by atoms with Gasteiger partial charge in [-0.15, -0.1) is 0 Å². The molecule has 7 nitrogen and oxygen atoms in total. The second-order valence-corrected chi connectivity index (χ2v) is 3.51. The van der Waals surface area contributed by atoms with Crippen molar-refractivity contribution in [3.63, 3.8) is 0 Å². The molecule has 8 heteroatoms. The van der Waals surface area contributed by atoms with Crippen molar-refractivity contribution in [2.24, 2.45) is 5.84 Å². The van der Waals surface area contributed by atoms with Gasteiger partial charge in [0.15, 0.2) is 0 Å². The molecule has 4 N–H and O–H groups in total. The molecular weight excluding hydrogens is 236 g/mol. The second kappa shape index (κ2) is 5.47. The number of H-pyrrole nitrogens is 1. The highest BCUT2D eigenvalue weighted by Crippen LogP contribution is 1.98. The fourth-order valence-corrected chi connectivity index (χ4v) is 1.30. The van der Waals surface area contributed by atoms with Gasteiger partial charge in [0.1, 0.15) is 5.02 Å². The maximum absolute atomic E-state index is 11.3. The molecule has 0 atom stereocenters. The lowest BCUT2D eigenvalue weighted by molar-refractivity contribution is -0.121. The van der Waals surface area contributed by atoms with E-state index in [1.54, 1.807) is 0 Å². The van der Waals surface area contributed by atoms with E-state index in [1.165, 1.54) is 10.8 Å². The molecule has 0 unspecified atom stereocenters. The molecule has 88 valence electrons. The van der Waals surface area contributed by atoms with Crippen LogP contribution in [0.4, 0.5) is 0 Å². The van der Waals surface area contributed by atoms with Gasteiger partial charge in [-0.3, -0.25) is 24.6 Å². The quantitative estimate of drug-likeness (QED) is 0.358. The third-order valence-corrected chi connectivity index (χ3v) is 2.20. The zero-order valence-electron chi connectivity index (χ0n) is 8.33. The first-order chi connectivity index (χ1) is 7.54. The van der Waals surface area contributed by atoms with Crippen LogP contribution in [0, 0.1) is 0 Å². The maximum atomic E-state index is 11.3. The number of hydrogen-bond donors (Lipinski definition) is 3. The molecule has 0 saturated heterocycles. The van der Waals surface area contributed by atoms with Crippen molar-refractivity contribution in [1.29, 1.82) is 0 Å². The number of nitrogens with zero attached hydrogens (tertiary/aromatic N) is 1. The van der Waals surface area contributed by atoms with E-state index in [4.69, 9.17) is 17.4 Å². The van der Waals surface area contributed by atoms with E-state index in [0.29, 0.717) is 6.42 Å². The largest absolute Gasteiger partial charge is 0.328 e. The molecule has 16 heavy (non-hydrogen) atoms. The number of carbonyl (C=O) groups is 1. The van der Waals surface area contributed by atoms with E-state index >= 15 is 0 Å². The number of nitrogens with one attached hydrogen (secondary N) is 2. The molecule has 0 saturated carbocycles. The monoisotopic (exact) mass is 246 g/mol. The van der Waals surface area contributed by atoms with Crippen LogP contribution in [0.15, 0.2) is 15.8 Å². The molecule has 0 bridgehead atoms. The summed E-state index contributed by atoms with van der Waals surface area (Å²) in [4.78, 5) is 35.1. The van der Waals surface area contributed by atoms with Crippen LogP contribution in [-0.4, -0.2) is 15.5 Å². The Hall–Kier alpha value is -1.60. The maximum Gasteiger partial charge on any atom is 0.328 e. The van der Waals surface area contributed by atoms with E-state index < -0.39 is 11.2 Å². The van der Waals surface area contributed by atoms with Crippen molar-refractivity contribution in [3.8, 4) is 0 Å². The van der Waals surface area contributed by atoms with Crippen molar-refractivity contribution >= 4 is 17.5 Å². The molecule has 0 aliphatic carbocycles. The molecule has 1 aromatic rings. The molecule has 1 aromatic heterocycles. The summed E-state index contributed by atoms with van der Waals surface area (Å²) in [7, 11) is 0. The Balaban J connectivity index is 2.68. The van der Waals surface area contributed by atoms with Crippen molar-refractivity contribution in [2.45, 2.75) is 19.4 Å². The highest BCUT2D eigenvalue weighted by Gasteiger charge is 2.03. The molecule has 0 spiro atoms. The van der Waals surface area contributed by atoms with Gasteiger partial charge in [-0.05, 0) is 6.42 Å². The number of aryl methyl sites for hydroxylation is 1. The predicted octanol–water partition coefficient (Wildman–Crippen LogP) is -1.04. The second-order valence-electron chi connectivity index (χ2n) is 3.10. The minimum absolute atomic E-state index is 0.0668. The molecule has 0 radical (unpaired) electrons. The fraction of sp³-hybridized carbons (Fsp3) is 0.375. The van der Waals surface area contributed by atoms with E-state index in [0.717, 1.165) is 0 Å². The number of nitrogens with two attached hydrogens (primary N) is 1. The van der Waals surface area contributed by atoms with Crippen LogP contribution in [0.5, 0.6) is 0 Å². The van der Waals surface area contributed by atoms with Crippen molar-refractivity contribution in [3.05, 3.63) is 32.1 Å². The number of amides is 1. The predicted molar refractivity (Wildman–Crippen MR) is 57.9 cm³/mol. The van der Waals surface area contributed by atoms with Gasteiger partial charge >= 0.3 is 5.69 Å². The lowest BCUT2D eigenvalue weighted by Gasteiger charge is -2.04.